The highest BCUT2D eigenvalue weighted by Crippen LogP contribution is 2.23. The van der Waals surface area contributed by atoms with Gasteiger partial charge in [0.15, 0.2) is 0 Å². The number of halogens is 1. The zero-order chi connectivity index (χ0) is 14.8. The number of carbonyl (C=O) groups excluding carboxylic acids is 1. The van der Waals surface area contributed by atoms with Gasteiger partial charge in [-0.1, -0.05) is 29.8 Å². The Morgan fingerprint density at radius 3 is 2.76 bits per heavy atom. The van der Waals surface area contributed by atoms with Crippen molar-refractivity contribution in [3.8, 4) is 0 Å². The van der Waals surface area contributed by atoms with Crippen LogP contribution in [0.15, 0.2) is 36.4 Å². The molecule has 0 spiro atoms. The highest BCUT2D eigenvalue weighted by Gasteiger charge is 2.32. The molecule has 3 rings (SSSR count). The first kappa shape index (κ1) is 13.8. The summed E-state index contributed by atoms with van der Waals surface area (Å²) in [6.45, 7) is 2.46. The van der Waals surface area contributed by atoms with Crippen molar-refractivity contribution < 1.29 is 4.79 Å². The molecule has 1 fully saturated rings. The number of para-hydroxylation sites is 1. The Morgan fingerprint density at radius 2 is 2.05 bits per heavy atom. The average molecular weight is 303 g/mol. The lowest BCUT2D eigenvalue weighted by molar-refractivity contribution is -0.117. The third-order valence-corrected chi connectivity index (χ3v) is 3.60. The lowest BCUT2D eigenvalue weighted by Gasteiger charge is -2.17. The number of rotatable bonds is 3. The molecular weight excluding hydrogens is 288 g/mol. The van der Waals surface area contributed by atoms with E-state index < -0.39 is 0 Å². The van der Waals surface area contributed by atoms with Gasteiger partial charge < -0.3 is 10.2 Å². The summed E-state index contributed by atoms with van der Waals surface area (Å²) in [6.07, 6.45) is 0.731. The van der Waals surface area contributed by atoms with Crippen molar-refractivity contribution >= 4 is 29.0 Å². The largest absolute Gasteiger partial charge is 0.358 e. The van der Waals surface area contributed by atoms with Gasteiger partial charge in [0.25, 0.3) is 0 Å². The molecule has 1 N–H and O–H groups in total. The first-order valence-electron chi connectivity index (χ1n) is 6.77. The molecule has 1 aliphatic rings. The van der Waals surface area contributed by atoms with Crippen LogP contribution >= 0.6 is 11.6 Å². The molecule has 0 bridgehead atoms. The van der Waals surface area contributed by atoms with E-state index in [-0.39, 0.29) is 11.9 Å². The second kappa shape index (κ2) is 5.69. The molecule has 0 saturated carbocycles. The molecule has 1 amide bonds. The smallest absolute Gasteiger partial charge is 0.249 e. The molecule has 1 aromatic carbocycles. The van der Waals surface area contributed by atoms with Gasteiger partial charge in [-0.05, 0) is 25.5 Å². The van der Waals surface area contributed by atoms with Crippen molar-refractivity contribution in [3.63, 3.8) is 0 Å². The van der Waals surface area contributed by atoms with Crippen LogP contribution in [0.5, 0.6) is 0 Å². The second-order valence-electron chi connectivity index (χ2n) is 4.93. The molecule has 5 nitrogen and oxygen atoms in total. The predicted molar refractivity (Wildman–Crippen MR) is 82.6 cm³/mol. The Bertz CT molecular complexity index is 642. The monoisotopic (exact) mass is 302 g/mol. The van der Waals surface area contributed by atoms with E-state index in [9.17, 15) is 4.79 Å². The van der Waals surface area contributed by atoms with E-state index in [0.29, 0.717) is 23.3 Å². The first-order valence-corrected chi connectivity index (χ1v) is 7.15. The van der Waals surface area contributed by atoms with Gasteiger partial charge in [0.1, 0.15) is 22.8 Å². The van der Waals surface area contributed by atoms with E-state index in [4.69, 9.17) is 11.6 Å². The maximum Gasteiger partial charge on any atom is 0.249 e. The Labute approximate surface area is 128 Å². The molecule has 1 atom stereocenters. The number of hydrogen-bond donors (Lipinski definition) is 1. The quantitative estimate of drug-likeness (QED) is 0.886. The number of aromatic nitrogens is 2. The van der Waals surface area contributed by atoms with E-state index in [2.05, 4.69) is 15.3 Å². The number of benzene rings is 1. The minimum atomic E-state index is -0.282. The minimum Gasteiger partial charge on any atom is -0.358 e. The zero-order valence-electron chi connectivity index (χ0n) is 11.6. The minimum absolute atomic E-state index is 0.0496. The zero-order valence-corrected chi connectivity index (χ0v) is 12.3. The molecular formula is C15H15ClN4O. The Kier molecular flexibility index (Phi) is 3.75. The molecule has 0 radical (unpaired) electrons. The second-order valence-corrected chi connectivity index (χ2v) is 5.32. The van der Waals surface area contributed by atoms with Gasteiger partial charge in [-0.25, -0.2) is 9.97 Å². The molecule has 108 valence electrons. The third kappa shape index (κ3) is 2.97. The van der Waals surface area contributed by atoms with Crippen molar-refractivity contribution in [1.29, 1.82) is 0 Å². The molecule has 1 saturated heterocycles. The van der Waals surface area contributed by atoms with E-state index in [1.165, 1.54) is 0 Å². The van der Waals surface area contributed by atoms with E-state index >= 15 is 0 Å². The maximum absolute atomic E-state index is 12.5. The molecule has 6 heteroatoms. The summed E-state index contributed by atoms with van der Waals surface area (Å²) in [5.41, 5.74) is 0.920. The van der Waals surface area contributed by atoms with Crippen molar-refractivity contribution in [2.75, 3.05) is 16.8 Å². The molecule has 2 heterocycles. The van der Waals surface area contributed by atoms with Gasteiger partial charge in [-0.15, -0.1) is 0 Å². The fraction of sp³-hybridized carbons (Fsp3) is 0.267. The van der Waals surface area contributed by atoms with Crippen LogP contribution in [0, 0.1) is 6.92 Å². The van der Waals surface area contributed by atoms with Crippen LogP contribution in [0.4, 0.5) is 11.5 Å². The fourth-order valence-electron chi connectivity index (χ4n) is 2.46. The lowest BCUT2D eigenvalue weighted by Crippen LogP contribution is -2.33. The molecule has 21 heavy (non-hydrogen) atoms. The van der Waals surface area contributed by atoms with Crippen molar-refractivity contribution in [3.05, 3.63) is 47.4 Å². The predicted octanol–water partition coefficient (Wildman–Crippen LogP) is 2.66. The summed E-state index contributed by atoms with van der Waals surface area (Å²) in [6, 6.07) is 11.0. The van der Waals surface area contributed by atoms with Crippen LogP contribution in [0.2, 0.25) is 5.15 Å². The van der Waals surface area contributed by atoms with Crippen LogP contribution < -0.4 is 10.2 Å². The SMILES string of the molecule is Cc1nc(Cl)cc(NC2CCN(c3ccccc3)C2=O)n1. The van der Waals surface area contributed by atoms with Crippen molar-refractivity contribution in [1.82, 2.24) is 9.97 Å². The Morgan fingerprint density at radius 1 is 1.29 bits per heavy atom. The number of amides is 1. The lowest BCUT2D eigenvalue weighted by atomic mass is 10.2. The van der Waals surface area contributed by atoms with Crippen LogP contribution in [0.25, 0.3) is 0 Å². The Balaban J connectivity index is 1.75. The van der Waals surface area contributed by atoms with Crippen LogP contribution in [-0.4, -0.2) is 28.5 Å². The van der Waals surface area contributed by atoms with Crippen molar-refractivity contribution in [2.24, 2.45) is 0 Å². The van der Waals surface area contributed by atoms with Gasteiger partial charge in [0.2, 0.25) is 5.91 Å². The first-order chi connectivity index (χ1) is 10.1. The van der Waals surface area contributed by atoms with Gasteiger partial charge >= 0.3 is 0 Å². The normalized spacial score (nSPS) is 18.1. The van der Waals surface area contributed by atoms with Gasteiger partial charge in [-0.3, -0.25) is 4.79 Å². The van der Waals surface area contributed by atoms with E-state index in [1.54, 1.807) is 17.9 Å². The van der Waals surface area contributed by atoms with Crippen molar-refractivity contribution in [2.45, 2.75) is 19.4 Å². The number of hydrogen-bond acceptors (Lipinski definition) is 4. The highest BCUT2D eigenvalue weighted by molar-refractivity contribution is 6.29. The molecule has 0 aliphatic carbocycles. The summed E-state index contributed by atoms with van der Waals surface area (Å²) in [7, 11) is 0. The van der Waals surface area contributed by atoms with Crippen LogP contribution in [0.3, 0.4) is 0 Å². The van der Waals surface area contributed by atoms with Crippen LogP contribution in [-0.2, 0) is 4.79 Å². The number of anilines is 2. The number of carbonyl (C=O) groups is 1. The van der Waals surface area contributed by atoms with Crippen LogP contribution in [0.1, 0.15) is 12.2 Å². The van der Waals surface area contributed by atoms with Gasteiger partial charge in [0, 0.05) is 18.3 Å². The average Bonchev–Trinajstić information content (AvgIpc) is 2.80. The fourth-order valence-corrected chi connectivity index (χ4v) is 2.69. The summed E-state index contributed by atoms with van der Waals surface area (Å²) in [4.78, 5) is 22.5. The molecule has 1 aliphatic heterocycles. The molecule has 2 aromatic rings. The molecule has 1 aromatic heterocycles. The maximum atomic E-state index is 12.5. The Hall–Kier alpha value is -2.14. The number of nitrogens with zero attached hydrogens (tertiary/aromatic N) is 3. The topological polar surface area (TPSA) is 58.1 Å². The number of aryl methyl sites for hydroxylation is 1. The number of nitrogens with one attached hydrogen (secondary N) is 1. The molecule has 1 unspecified atom stereocenters. The standard InChI is InChI=1S/C15H15ClN4O/c1-10-17-13(16)9-14(18-10)19-12-7-8-20(15(12)21)11-5-3-2-4-6-11/h2-6,9,12H,7-8H2,1H3,(H,17,18,19). The summed E-state index contributed by atoms with van der Waals surface area (Å²) >= 11 is 5.91. The van der Waals surface area contributed by atoms with Gasteiger partial charge in [-0.2, -0.15) is 0 Å². The van der Waals surface area contributed by atoms with Gasteiger partial charge in [0.05, 0.1) is 0 Å². The highest BCUT2D eigenvalue weighted by atomic mass is 35.5. The summed E-state index contributed by atoms with van der Waals surface area (Å²) < 4.78 is 0. The van der Waals surface area contributed by atoms with E-state index in [1.807, 2.05) is 30.3 Å². The third-order valence-electron chi connectivity index (χ3n) is 3.40. The summed E-state index contributed by atoms with van der Waals surface area (Å²) in [5.74, 6) is 1.21. The summed E-state index contributed by atoms with van der Waals surface area (Å²) in [5, 5.41) is 3.52. The van der Waals surface area contributed by atoms with E-state index in [0.717, 1.165) is 12.1 Å².